The molecule has 3 aliphatic rings. The molecule has 132 valence electrons. The summed E-state index contributed by atoms with van der Waals surface area (Å²) in [6.07, 6.45) is 8.97. The molecule has 2 aliphatic heterocycles. The summed E-state index contributed by atoms with van der Waals surface area (Å²) in [5, 5.41) is 13.3. The van der Waals surface area contributed by atoms with Crippen molar-refractivity contribution in [2.24, 2.45) is 11.3 Å². The van der Waals surface area contributed by atoms with Crippen molar-refractivity contribution in [3.05, 3.63) is 17.7 Å². The monoisotopic (exact) mass is 333 g/mol. The molecule has 1 atom stereocenters. The predicted octanol–water partition coefficient (Wildman–Crippen LogP) is 1.52. The van der Waals surface area contributed by atoms with Gasteiger partial charge >= 0.3 is 0 Å². The number of carbonyl (C=O) groups excluding carboxylic acids is 1. The zero-order chi connectivity index (χ0) is 16.6. The van der Waals surface area contributed by atoms with E-state index in [1.54, 1.807) is 0 Å². The summed E-state index contributed by atoms with van der Waals surface area (Å²) in [5.41, 5.74) is 0.370. The van der Waals surface area contributed by atoms with E-state index >= 15 is 0 Å². The molecule has 1 saturated heterocycles. The Bertz CT molecular complexity index is 576. The van der Waals surface area contributed by atoms with Crippen molar-refractivity contribution in [3.63, 3.8) is 0 Å². The minimum Gasteiger partial charge on any atom is -0.396 e. The van der Waals surface area contributed by atoms with E-state index in [4.69, 9.17) is 4.74 Å². The Morgan fingerprint density at radius 1 is 1.42 bits per heavy atom. The number of amides is 1. The number of aromatic nitrogens is 2. The van der Waals surface area contributed by atoms with E-state index in [1.807, 2.05) is 6.20 Å². The first-order valence-corrected chi connectivity index (χ1v) is 9.27. The molecule has 1 saturated carbocycles. The van der Waals surface area contributed by atoms with Crippen molar-refractivity contribution in [2.45, 2.75) is 57.5 Å². The van der Waals surface area contributed by atoms with Crippen LogP contribution in [0.1, 0.15) is 54.8 Å². The average molecular weight is 333 g/mol. The average Bonchev–Trinajstić information content (AvgIpc) is 3.16. The van der Waals surface area contributed by atoms with Crippen LogP contribution in [0.2, 0.25) is 0 Å². The van der Waals surface area contributed by atoms with E-state index in [1.165, 1.54) is 0 Å². The lowest BCUT2D eigenvalue weighted by Crippen LogP contribution is -2.57. The van der Waals surface area contributed by atoms with E-state index in [0.29, 0.717) is 11.6 Å². The molecule has 4 rings (SSSR count). The number of aliphatic hydroxyl groups excluding tert-OH is 1. The Balaban J connectivity index is 1.53. The van der Waals surface area contributed by atoms with E-state index in [-0.39, 0.29) is 24.0 Å². The van der Waals surface area contributed by atoms with Gasteiger partial charge in [0.15, 0.2) is 0 Å². The second kappa shape index (κ2) is 6.48. The summed E-state index contributed by atoms with van der Waals surface area (Å²) >= 11 is 0. The van der Waals surface area contributed by atoms with Gasteiger partial charge in [0, 0.05) is 43.8 Å². The van der Waals surface area contributed by atoms with Gasteiger partial charge < -0.3 is 19.7 Å². The van der Waals surface area contributed by atoms with E-state index < -0.39 is 0 Å². The van der Waals surface area contributed by atoms with E-state index in [9.17, 15) is 9.90 Å². The Kier molecular flexibility index (Phi) is 4.35. The summed E-state index contributed by atoms with van der Waals surface area (Å²) < 4.78 is 7.57. The van der Waals surface area contributed by atoms with Crippen molar-refractivity contribution < 1.29 is 14.6 Å². The van der Waals surface area contributed by atoms with Gasteiger partial charge in [-0.25, -0.2) is 4.98 Å². The summed E-state index contributed by atoms with van der Waals surface area (Å²) in [6, 6.07) is 0.0178. The van der Waals surface area contributed by atoms with E-state index in [2.05, 4.69) is 14.9 Å². The highest BCUT2D eigenvalue weighted by Gasteiger charge is 2.48. The maximum Gasteiger partial charge on any atom is 0.271 e. The lowest BCUT2D eigenvalue weighted by atomic mass is 9.60. The molecule has 0 bridgehead atoms. The molecule has 6 heteroatoms. The molecule has 24 heavy (non-hydrogen) atoms. The second-order valence-corrected chi connectivity index (χ2v) is 7.61. The fourth-order valence-corrected chi connectivity index (χ4v) is 4.60. The molecular formula is C18H27N3O3. The lowest BCUT2D eigenvalue weighted by molar-refractivity contribution is -0.0379. The number of fused-ring (bicyclic) bond motifs is 1. The van der Waals surface area contributed by atoms with Gasteiger partial charge in [-0.1, -0.05) is 6.42 Å². The minimum atomic E-state index is -0.153. The van der Waals surface area contributed by atoms with Crippen molar-refractivity contribution in [3.8, 4) is 0 Å². The highest BCUT2D eigenvalue weighted by molar-refractivity contribution is 5.92. The number of imidazole rings is 1. The number of hydrogen-bond donors (Lipinski definition) is 2. The van der Waals surface area contributed by atoms with Crippen LogP contribution >= 0.6 is 0 Å². The summed E-state index contributed by atoms with van der Waals surface area (Å²) in [7, 11) is 0. The fraction of sp³-hybridized carbons (Fsp3) is 0.778. The van der Waals surface area contributed by atoms with Gasteiger partial charge in [-0.2, -0.15) is 0 Å². The molecule has 1 amide bonds. The maximum atomic E-state index is 12.8. The number of rotatable bonds is 5. The summed E-state index contributed by atoms with van der Waals surface area (Å²) in [5.74, 6) is 1.31. The smallest absolute Gasteiger partial charge is 0.271 e. The van der Waals surface area contributed by atoms with Crippen molar-refractivity contribution in [2.75, 3.05) is 19.8 Å². The first-order chi connectivity index (χ1) is 11.7. The van der Waals surface area contributed by atoms with Gasteiger partial charge in [-0.3, -0.25) is 4.79 Å². The number of aryl methyl sites for hydroxylation is 2. The van der Waals surface area contributed by atoms with Gasteiger partial charge in [-0.05, 0) is 38.0 Å². The van der Waals surface area contributed by atoms with Crippen LogP contribution in [-0.2, 0) is 17.7 Å². The van der Waals surface area contributed by atoms with E-state index in [0.717, 1.165) is 70.5 Å². The molecule has 1 aromatic rings. The quantitative estimate of drug-likeness (QED) is 0.856. The highest BCUT2D eigenvalue weighted by Crippen LogP contribution is 2.47. The Labute approximate surface area is 142 Å². The van der Waals surface area contributed by atoms with Crippen LogP contribution < -0.4 is 5.32 Å². The number of carbonyl (C=O) groups is 1. The Morgan fingerprint density at radius 2 is 2.21 bits per heavy atom. The molecular weight excluding hydrogens is 306 g/mol. The van der Waals surface area contributed by atoms with Crippen molar-refractivity contribution in [1.82, 2.24) is 14.9 Å². The van der Waals surface area contributed by atoms with Gasteiger partial charge in [0.05, 0.1) is 6.61 Å². The molecule has 1 aliphatic carbocycles. The molecule has 1 aromatic heterocycles. The SMILES string of the molecule is O=C(NC(C1CCOCC1)C1(CO)CCC1)c1cn2c(n1)CCC2. The third-order valence-corrected chi connectivity index (χ3v) is 6.24. The predicted molar refractivity (Wildman–Crippen MR) is 88.7 cm³/mol. The Hall–Kier alpha value is -1.40. The topological polar surface area (TPSA) is 76.4 Å². The van der Waals surface area contributed by atoms with Gasteiger partial charge in [0.25, 0.3) is 5.91 Å². The van der Waals surface area contributed by atoms with Crippen LogP contribution in [0, 0.1) is 11.3 Å². The number of hydrogen-bond acceptors (Lipinski definition) is 4. The zero-order valence-electron chi connectivity index (χ0n) is 14.2. The minimum absolute atomic E-state index is 0.0178. The maximum absolute atomic E-state index is 12.8. The lowest BCUT2D eigenvalue weighted by Gasteiger charge is -2.50. The number of nitrogens with zero attached hydrogens (tertiary/aromatic N) is 2. The standard InChI is InChI=1S/C18H27N3O3/c22-12-18(6-2-7-18)16(13-4-9-24-10-5-13)20-17(23)14-11-21-8-1-3-15(21)19-14/h11,13,16,22H,1-10,12H2,(H,20,23). The van der Waals surface area contributed by atoms with Crippen LogP contribution in [0.4, 0.5) is 0 Å². The number of aliphatic hydroxyl groups is 1. The molecule has 0 radical (unpaired) electrons. The third-order valence-electron chi connectivity index (χ3n) is 6.24. The third kappa shape index (κ3) is 2.75. The van der Waals surface area contributed by atoms with Crippen LogP contribution in [0.3, 0.4) is 0 Å². The normalized spacial score (nSPS) is 24.2. The zero-order valence-corrected chi connectivity index (χ0v) is 14.2. The second-order valence-electron chi connectivity index (χ2n) is 7.61. The van der Waals surface area contributed by atoms with Crippen LogP contribution in [0.15, 0.2) is 6.20 Å². The summed E-state index contributed by atoms with van der Waals surface area (Å²) in [6.45, 7) is 2.60. The molecule has 2 fully saturated rings. The Morgan fingerprint density at radius 3 is 2.83 bits per heavy atom. The van der Waals surface area contributed by atoms with Crippen LogP contribution in [0.25, 0.3) is 0 Å². The van der Waals surface area contributed by atoms with Gasteiger partial charge in [-0.15, -0.1) is 0 Å². The van der Waals surface area contributed by atoms with Gasteiger partial charge in [0.2, 0.25) is 0 Å². The van der Waals surface area contributed by atoms with Crippen molar-refractivity contribution >= 4 is 5.91 Å². The first-order valence-electron chi connectivity index (χ1n) is 9.27. The number of ether oxygens (including phenoxy) is 1. The molecule has 6 nitrogen and oxygen atoms in total. The summed E-state index contributed by atoms with van der Waals surface area (Å²) in [4.78, 5) is 17.3. The fourth-order valence-electron chi connectivity index (χ4n) is 4.60. The van der Waals surface area contributed by atoms with Gasteiger partial charge in [0.1, 0.15) is 11.5 Å². The molecule has 0 spiro atoms. The molecule has 2 N–H and O–H groups in total. The largest absolute Gasteiger partial charge is 0.396 e. The molecule has 1 unspecified atom stereocenters. The first kappa shape index (κ1) is 16.1. The van der Waals surface area contributed by atoms with Crippen LogP contribution in [0.5, 0.6) is 0 Å². The molecule has 3 heterocycles. The van der Waals surface area contributed by atoms with Crippen LogP contribution in [-0.4, -0.2) is 46.4 Å². The number of nitrogens with one attached hydrogen (secondary N) is 1. The van der Waals surface area contributed by atoms with Crippen molar-refractivity contribution in [1.29, 1.82) is 0 Å². The molecule has 0 aromatic carbocycles. The highest BCUT2D eigenvalue weighted by atomic mass is 16.5.